The number of nitrogens with zero attached hydrogens (tertiary/aromatic N) is 2. The highest BCUT2D eigenvalue weighted by molar-refractivity contribution is 7.93. The van der Waals surface area contributed by atoms with Crippen molar-refractivity contribution in [2.45, 2.75) is 11.3 Å². The Hall–Kier alpha value is -0.770. The quantitative estimate of drug-likeness (QED) is 0.660. The first-order chi connectivity index (χ1) is 8.60. The summed E-state index contributed by atoms with van der Waals surface area (Å²) in [6, 6.07) is 0. The minimum absolute atomic E-state index is 0.0159. The molecular weight excluding hydrogens is 278 g/mol. The van der Waals surface area contributed by atoms with Crippen LogP contribution in [0.1, 0.15) is 6.92 Å². The van der Waals surface area contributed by atoms with Crippen molar-refractivity contribution in [2.24, 2.45) is 0 Å². The number of hydrogen-bond acceptors (Lipinski definition) is 8. The molecule has 1 rings (SSSR count). The summed E-state index contributed by atoms with van der Waals surface area (Å²) in [6.45, 7) is 3.56. The third-order valence-corrected chi connectivity index (χ3v) is 4.96. The van der Waals surface area contributed by atoms with Crippen LogP contribution in [-0.2, 0) is 19.3 Å². The lowest BCUT2D eigenvalue weighted by atomic mass is 10.7. The summed E-state index contributed by atoms with van der Waals surface area (Å²) in [7, 11) is -1.80. The highest BCUT2D eigenvalue weighted by Gasteiger charge is 2.20. The van der Waals surface area contributed by atoms with E-state index in [2.05, 4.69) is 15.5 Å². The molecule has 1 aromatic heterocycles. The normalized spacial score (nSPS) is 11.7. The molecule has 0 aliphatic heterocycles. The van der Waals surface area contributed by atoms with E-state index in [1.165, 1.54) is 0 Å². The molecule has 0 unspecified atom stereocenters. The summed E-state index contributed by atoms with van der Waals surface area (Å²) < 4.78 is 33.6. The van der Waals surface area contributed by atoms with Crippen LogP contribution in [0.15, 0.2) is 4.34 Å². The molecule has 0 fully saturated rings. The molecule has 0 saturated carbocycles. The van der Waals surface area contributed by atoms with Crippen LogP contribution in [-0.4, -0.2) is 57.8 Å². The predicted molar refractivity (Wildman–Crippen MR) is 68.8 cm³/mol. The van der Waals surface area contributed by atoms with Gasteiger partial charge >= 0.3 is 0 Å². The fourth-order valence-electron chi connectivity index (χ4n) is 1.07. The van der Waals surface area contributed by atoms with Crippen molar-refractivity contribution in [3.05, 3.63) is 0 Å². The van der Waals surface area contributed by atoms with Crippen LogP contribution in [0.25, 0.3) is 0 Å². The highest BCUT2D eigenvalue weighted by Crippen LogP contribution is 2.20. The van der Waals surface area contributed by atoms with Gasteiger partial charge in [0.05, 0.1) is 19.0 Å². The first-order valence-electron chi connectivity index (χ1n) is 5.47. The molecule has 0 saturated heterocycles. The van der Waals surface area contributed by atoms with Crippen molar-refractivity contribution in [1.29, 1.82) is 0 Å². The smallest absolute Gasteiger partial charge is 0.234 e. The van der Waals surface area contributed by atoms with Crippen LogP contribution in [0.4, 0.5) is 5.13 Å². The van der Waals surface area contributed by atoms with Gasteiger partial charge in [-0.05, 0) is 6.92 Å². The fraction of sp³-hybridized carbons (Fsp3) is 0.778. The molecule has 0 aliphatic carbocycles. The summed E-state index contributed by atoms with van der Waals surface area (Å²) in [5, 5.41) is 10.8. The van der Waals surface area contributed by atoms with Gasteiger partial charge in [-0.3, -0.25) is 0 Å². The van der Waals surface area contributed by atoms with Gasteiger partial charge in [0.1, 0.15) is 0 Å². The fourth-order valence-corrected chi connectivity index (χ4v) is 3.24. The second kappa shape index (κ2) is 7.62. The van der Waals surface area contributed by atoms with Crippen molar-refractivity contribution in [2.75, 3.05) is 44.5 Å². The minimum Gasteiger partial charge on any atom is -0.383 e. The zero-order valence-corrected chi connectivity index (χ0v) is 12.0. The average molecular weight is 295 g/mol. The topological polar surface area (TPSA) is 90.4 Å². The van der Waals surface area contributed by atoms with Crippen molar-refractivity contribution in [3.8, 4) is 0 Å². The lowest BCUT2D eigenvalue weighted by Crippen LogP contribution is -2.12. The Balaban J connectivity index is 2.55. The number of nitrogens with one attached hydrogen (secondary N) is 1. The van der Waals surface area contributed by atoms with E-state index >= 15 is 0 Å². The molecule has 1 heterocycles. The SMILES string of the molecule is CCOCCS(=O)(=O)c1nnc(NCCOC)s1. The summed E-state index contributed by atoms with van der Waals surface area (Å²) in [5.74, 6) is -0.0758. The van der Waals surface area contributed by atoms with Crippen LogP contribution >= 0.6 is 11.3 Å². The molecule has 0 atom stereocenters. The molecule has 18 heavy (non-hydrogen) atoms. The van der Waals surface area contributed by atoms with E-state index in [4.69, 9.17) is 9.47 Å². The lowest BCUT2D eigenvalue weighted by molar-refractivity contribution is 0.163. The molecule has 9 heteroatoms. The van der Waals surface area contributed by atoms with Gasteiger partial charge in [-0.25, -0.2) is 8.42 Å². The van der Waals surface area contributed by atoms with E-state index in [0.717, 1.165) is 11.3 Å². The maximum absolute atomic E-state index is 11.8. The van der Waals surface area contributed by atoms with Crippen LogP contribution < -0.4 is 5.32 Å². The number of methoxy groups -OCH3 is 1. The first-order valence-corrected chi connectivity index (χ1v) is 7.94. The third-order valence-electron chi connectivity index (χ3n) is 1.96. The van der Waals surface area contributed by atoms with E-state index < -0.39 is 9.84 Å². The molecular formula is C9H17N3O4S2. The number of aromatic nitrogens is 2. The van der Waals surface area contributed by atoms with Crippen molar-refractivity contribution >= 4 is 26.3 Å². The first kappa shape index (κ1) is 15.3. The molecule has 1 aromatic rings. The average Bonchev–Trinajstić information content (AvgIpc) is 2.79. The molecule has 0 aromatic carbocycles. The van der Waals surface area contributed by atoms with Gasteiger partial charge in [0, 0.05) is 20.3 Å². The Morgan fingerprint density at radius 3 is 2.78 bits per heavy atom. The van der Waals surface area contributed by atoms with Gasteiger partial charge < -0.3 is 14.8 Å². The van der Waals surface area contributed by atoms with Gasteiger partial charge in [0.25, 0.3) is 0 Å². The second-order valence-corrected chi connectivity index (χ2v) is 6.57. The van der Waals surface area contributed by atoms with Crippen LogP contribution in [0.2, 0.25) is 0 Å². The summed E-state index contributed by atoms with van der Waals surface area (Å²) in [5.41, 5.74) is 0. The van der Waals surface area contributed by atoms with Crippen molar-refractivity contribution < 1.29 is 17.9 Å². The van der Waals surface area contributed by atoms with Crippen molar-refractivity contribution in [3.63, 3.8) is 0 Å². The Kier molecular flexibility index (Phi) is 6.47. The highest BCUT2D eigenvalue weighted by atomic mass is 32.2. The van der Waals surface area contributed by atoms with Crippen LogP contribution in [0.5, 0.6) is 0 Å². The molecule has 0 radical (unpaired) electrons. The third kappa shape index (κ3) is 4.84. The Bertz CT molecular complexity index is 446. The monoisotopic (exact) mass is 295 g/mol. The van der Waals surface area contributed by atoms with Gasteiger partial charge in [0.15, 0.2) is 0 Å². The van der Waals surface area contributed by atoms with Crippen molar-refractivity contribution in [1.82, 2.24) is 10.2 Å². The van der Waals surface area contributed by atoms with E-state index in [9.17, 15) is 8.42 Å². The van der Waals surface area contributed by atoms with E-state index in [0.29, 0.717) is 24.9 Å². The Morgan fingerprint density at radius 1 is 1.33 bits per heavy atom. The zero-order valence-electron chi connectivity index (χ0n) is 10.4. The molecule has 0 spiro atoms. The molecule has 0 bridgehead atoms. The largest absolute Gasteiger partial charge is 0.383 e. The predicted octanol–water partition coefficient (Wildman–Crippen LogP) is 0.407. The summed E-state index contributed by atoms with van der Waals surface area (Å²) >= 11 is 1.02. The summed E-state index contributed by atoms with van der Waals surface area (Å²) in [4.78, 5) is 0. The number of sulfone groups is 1. The number of hydrogen-bond donors (Lipinski definition) is 1. The number of rotatable bonds is 9. The number of anilines is 1. The van der Waals surface area contributed by atoms with E-state index in [1.54, 1.807) is 7.11 Å². The Morgan fingerprint density at radius 2 is 2.11 bits per heavy atom. The lowest BCUT2D eigenvalue weighted by Gasteiger charge is -2.00. The van der Waals surface area contributed by atoms with Gasteiger partial charge in [-0.1, -0.05) is 11.3 Å². The van der Waals surface area contributed by atoms with Gasteiger partial charge in [0.2, 0.25) is 19.3 Å². The minimum atomic E-state index is -3.39. The van der Waals surface area contributed by atoms with Crippen LogP contribution in [0, 0.1) is 0 Å². The summed E-state index contributed by atoms with van der Waals surface area (Å²) in [6.07, 6.45) is 0. The second-order valence-electron chi connectivity index (χ2n) is 3.31. The molecule has 7 nitrogen and oxygen atoms in total. The maximum atomic E-state index is 11.8. The molecule has 104 valence electrons. The molecule has 0 aliphatic rings. The number of ether oxygens (including phenoxy) is 2. The van der Waals surface area contributed by atoms with E-state index in [-0.39, 0.29) is 16.7 Å². The van der Waals surface area contributed by atoms with Crippen LogP contribution in [0.3, 0.4) is 0 Å². The molecule has 0 amide bonds. The van der Waals surface area contributed by atoms with Gasteiger partial charge in [-0.15, -0.1) is 10.2 Å². The zero-order chi connectivity index (χ0) is 13.4. The van der Waals surface area contributed by atoms with E-state index in [1.807, 2.05) is 6.92 Å². The maximum Gasteiger partial charge on any atom is 0.234 e. The Labute approximate surface area is 110 Å². The molecule has 1 N–H and O–H groups in total. The standard InChI is InChI=1S/C9H17N3O4S2/c1-3-16-6-7-18(13,14)9-12-11-8(17-9)10-4-5-15-2/h3-7H2,1-2H3,(H,10,11). The van der Waals surface area contributed by atoms with Gasteiger partial charge in [-0.2, -0.15) is 0 Å².